The molecule has 0 saturated heterocycles. The lowest BCUT2D eigenvalue weighted by Crippen LogP contribution is -2.12. The highest BCUT2D eigenvalue weighted by molar-refractivity contribution is 5.87. The maximum Gasteiger partial charge on any atom is 0.358 e. The van der Waals surface area contributed by atoms with Crippen LogP contribution in [0, 0.1) is 17.2 Å². The summed E-state index contributed by atoms with van der Waals surface area (Å²) in [5.41, 5.74) is 0.277. The molecule has 0 radical (unpaired) electrons. The van der Waals surface area contributed by atoms with Crippen molar-refractivity contribution in [3.8, 4) is 6.07 Å². The first-order chi connectivity index (χ1) is 7.54. The third-order valence-electron chi connectivity index (χ3n) is 2.03. The molecule has 0 aliphatic heterocycles. The van der Waals surface area contributed by atoms with Gasteiger partial charge in [0.05, 0.1) is 12.0 Å². The van der Waals surface area contributed by atoms with Crippen LogP contribution in [0.1, 0.15) is 37.3 Å². The molecule has 0 aliphatic rings. The minimum absolute atomic E-state index is 0.101. The minimum Gasteiger partial charge on any atom is -0.460 e. The Morgan fingerprint density at radius 2 is 2.31 bits per heavy atom. The zero-order valence-electron chi connectivity index (χ0n) is 9.67. The number of nitriles is 1. The van der Waals surface area contributed by atoms with Gasteiger partial charge < -0.3 is 4.74 Å². The maximum atomic E-state index is 11.5. The van der Waals surface area contributed by atoms with Crippen molar-refractivity contribution in [2.45, 2.75) is 26.8 Å². The van der Waals surface area contributed by atoms with Crippen molar-refractivity contribution in [2.24, 2.45) is 5.92 Å². The standard InChI is InChI=1S/C11H15N3O2/c1-8(2)14-5-4-10(13-14)11(15)16-7-9(3)6-12/h4-5,8-9H,7H2,1-3H3/t9-/m1/s1. The molecule has 0 aromatic carbocycles. The first-order valence-corrected chi connectivity index (χ1v) is 5.16. The normalized spacial score (nSPS) is 12.2. The second-order valence-electron chi connectivity index (χ2n) is 3.90. The Morgan fingerprint density at radius 1 is 1.62 bits per heavy atom. The number of nitrogens with zero attached hydrogens (tertiary/aromatic N) is 3. The number of carbonyl (C=O) groups excluding carboxylic acids is 1. The largest absolute Gasteiger partial charge is 0.460 e. The van der Waals surface area contributed by atoms with Gasteiger partial charge in [0.1, 0.15) is 6.61 Å². The van der Waals surface area contributed by atoms with Crippen molar-refractivity contribution in [3.63, 3.8) is 0 Å². The van der Waals surface area contributed by atoms with Crippen LogP contribution >= 0.6 is 0 Å². The topological polar surface area (TPSA) is 67.9 Å². The number of rotatable bonds is 4. The molecule has 1 atom stereocenters. The highest BCUT2D eigenvalue weighted by atomic mass is 16.5. The van der Waals surface area contributed by atoms with Crippen LogP contribution in [0.25, 0.3) is 0 Å². The van der Waals surface area contributed by atoms with Crippen molar-refractivity contribution in [3.05, 3.63) is 18.0 Å². The number of hydrogen-bond donors (Lipinski definition) is 0. The average Bonchev–Trinajstić information content (AvgIpc) is 2.74. The SMILES string of the molecule is CC(C)n1ccc(C(=O)OC[C@H](C)C#N)n1. The van der Waals surface area contributed by atoms with Gasteiger partial charge in [0.25, 0.3) is 0 Å². The van der Waals surface area contributed by atoms with Crippen LogP contribution in [0.15, 0.2) is 12.3 Å². The Kier molecular flexibility index (Phi) is 4.06. The number of ether oxygens (including phenoxy) is 1. The molecule has 5 heteroatoms. The smallest absolute Gasteiger partial charge is 0.358 e. The van der Waals surface area contributed by atoms with Crippen molar-refractivity contribution < 1.29 is 9.53 Å². The second kappa shape index (κ2) is 5.31. The molecule has 1 heterocycles. The van der Waals surface area contributed by atoms with Crippen LogP contribution in [0.3, 0.4) is 0 Å². The Morgan fingerprint density at radius 3 is 2.81 bits per heavy atom. The van der Waals surface area contributed by atoms with Crippen molar-refractivity contribution in [2.75, 3.05) is 6.61 Å². The zero-order valence-corrected chi connectivity index (χ0v) is 9.67. The predicted octanol–water partition coefficient (Wildman–Crippen LogP) is 1.78. The summed E-state index contributed by atoms with van der Waals surface area (Å²) in [4.78, 5) is 11.5. The molecule has 86 valence electrons. The summed E-state index contributed by atoms with van der Waals surface area (Å²) in [5.74, 6) is -0.780. The van der Waals surface area contributed by atoms with Crippen LogP contribution < -0.4 is 0 Å². The molecule has 0 N–H and O–H groups in total. The Labute approximate surface area is 94.6 Å². The van der Waals surface area contributed by atoms with E-state index in [2.05, 4.69) is 5.10 Å². The van der Waals surface area contributed by atoms with E-state index in [4.69, 9.17) is 10.00 Å². The van der Waals surface area contributed by atoms with Gasteiger partial charge in [0.15, 0.2) is 5.69 Å². The Balaban J connectivity index is 2.57. The molecule has 16 heavy (non-hydrogen) atoms. The summed E-state index contributed by atoms with van der Waals surface area (Å²) in [5, 5.41) is 12.6. The first-order valence-electron chi connectivity index (χ1n) is 5.16. The van der Waals surface area contributed by atoms with Crippen LogP contribution in [0.2, 0.25) is 0 Å². The minimum atomic E-state index is -0.485. The summed E-state index contributed by atoms with van der Waals surface area (Å²) in [7, 11) is 0. The first kappa shape index (κ1) is 12.2. The predicted molar refractivity (Wildman–Crippen MR) is 57.7 cm³/mol. The van der Waals surface area contributed by atoms with Crippen molar-refractivity contribution >= 4 is 5.97 Å². The lowest BCUT2D eigenvalue weighted by atomic mass is 10.2. The van der Waals surface area contributed by atoms with Gasteiger partial charge in [0.2, 0.25) is 0 Å². The van der Waals surface area contributed by atoms with E-state index < -0.39 is 5.97 Å². The van der Waals surface area contributed by atoms with E-state index in [1.54, 1.807) is 23.9 Å². The highest BCUT2D eigenvalue weighted by Crippen LogP contribution is 2.06. The van der Waals surface area contributed by atoms with Gasteiger partial charge >= 0.3 is 5.97 Å². The molecule has 0 bridgehead atoms. The summed E-state index contributed by atoms with van der Waals surface area (Å²) in [6, 6.07) is 3.81. The molecule has 0 fully saturated rings. The summed E-state index contributed by atoms with van der Waals surface area (Å²) in [6.45, 7) is 5.74. The molecule has 0 unspecified atom stereocenters. The monoisotopic (exact) mass is 221 g/mol. The molecule has 1 rings (SSSR count). The lowest BCUT2D eigenvalue weighted by molar-refractivity contribution is 0.0467. The summed E-state index contributed by atoms with van der Waals surface area (Å²) >= 11 is 0. The van der Waals surface area contributed by atoms with Crippen LogP contribution in [-0.2, 0) is 4.74 Å². The molecular weight excluding hydrogens is 206 g/mol. The van der Waals surface area contributed by atoms with E-state index in [-0.39, 0.29) is 24.3 Å². The van der Waals surface area contributed by atoms with E-state index in [1.807, 2.05) is 19.9 Å². The lowest BCUT2D eigenvalue weighted by Gasteiger charge is -2.05. The van der Waals surface area contributed by atoms with Gasteiger partial charge in [-0.2, -0.15) is 10.4 Å². The third kappa shape index (κ3) is 3.09. The van der Waals surface area contributed by atoms with Gasteiger partial charge in [-0.1, -0.05) is 0 Å². The Hall–Kier alpha value is -1.83. The molecule has 0 saturated carbocycles. The third-order valence-corrected chi connectivity index (χ3v) is 2.03. The number of aromatic nitrogens is 2. The number of carbonyl (C=O) groups is 1. The fourth-order valence-corrected chi connectivity index (χ4v) is 1.05. The van der Waals surface area contributed by atoms with E-state index in [0.717, 1.165) is 0 Å². The quantitative estimate of drug-likeness (QED) is 0.727. The van der Waals surface area contributed by atoms with Crippen LogP contribution in [-0.4, -0.2) is 22.4 Å². The summed E-state index contributed by atoms with van der Waals surface area (Å²) < 4.78 is 6.62. The molecular formula is C11H15N3O2. The average molecular weight is 221 g/mol. The van der Waals surface area contributed by atoms with E-state index >= 15 is 0 Å². The molecule has 0 amide bonds. The molecule has 5 nitrogen and oxygen atoms in total. The molecule has 1 aromatic heterocycles. The van der Waals surface area contributed by atoms with E-state index in [9.17, 15) is 4.79 Å². The van der Waals surface area contributed by atoms with E-state index in [1.165, 1.54) is 0 Å². The maximum absolute atomic E-state index is 11.5. The van der Waals surface area contributed by atoms with Crippen molar-refractivity contribution in [1.82, 2.24) is 9.78 Å². The van der Waals surface area contributed by atoms with Crippen LogP contribution in [0.4, 0.5) is 0 Å². The summed E-state index contributed by atoms with van der Waals surface area (Å²) in [6.07, 6.45) is 1.73. The fourth-order valence-electron chi connectivity index (χ4n) is 1.05. The van der Waals surface area contributed by atoms with Gasteiger partial charge in [-0.15, -0.1) is 0 Å². The molecule has 1 aromatic rings. The second-order valence-corrected chi connectivity index (χ2v) is 3.90. The highest BCUT2D eigenvalue weighted by Gasteiger charge is 2.13. The van der Waals surface area contributed by atoms with E-state index in [0.29, 0.717) is 0 Å². The number of hydrogen-bond acceptors (Lipinski definition) is 4. The fraction of sp³-hybridized carbons (Fsp3) is 0.545. The van der Waals surface area contributed by atoms with Crippen molar-refractivity contribution in [1.29, 1.82) is 5.26 Å². The van der Waals surface area contributed by atoms with Gasteiger partial charge in [-0.25, -0.2) is 4.79 Å². The van der Waals surface area contributed by atoms with Gasteiger partial charge in [0, 0.05) is 12.2 Å². The molecule has 0 aliphatic carbocycles. The van der Waals surface area contributed by atoms with Crippen LogP contribution in [0.5, 0.6) is 0 Å². The zero-order chi connectivity index (χ0) is 12.1. The number of esters is 1. The van der Waals surface area contributed by atoms with Gasteiger partial charge in [-0.3, -0.25) is 4.68 Å². The Bertz CT molecular complexity index is 404. The molecule has 0 spiro atoms. The van der Waals surface area contributed by atoms with Gasteiger partial charge in [-0.05, 0) is 26.8 Å².